The van der Waals surface area contributed by atoms with Gasteiger partial charge in [0.2, 0.25) is 0 Å². The minimum atomic E-state index is -2.35. The molecule has 0 aliphatic carbocycles. The van der Waals surface area contributed by atoms with E-state index >= 15 is 0 Å². The molecule has 0 bridgehead atoms. The molecule has 0 saturated heterocycles. The molecule has 17 rings (SSSR count). The first-order valence-corrected chi connectivity index (χ1v) is 27.9. The highest BCUT2D eigenvalue weighted by Gasteiger charge is 2.47. The van der Waals surface area contributed by atoms with Gasteiger partial charge in [-0.15, -0.1) is 11.3 Å². The van der Waals surface area contributed by atoms with E-state index in [1.807, 2.05) is 0 Å². The number of fused-ring (bicyclic) bond motifs is 15. The summed E-state index contributed by atoms with van der Waals surface area (Å²) in [7, 11) is 0. The van der Waals surface area contributed by atoms with Gasteiger partial charge in [0.25, 0.3) is 6.71 Å². The molecule has 410 valence electrons. The fourth-order valence-corrected chi connectivity index (χ4v) is 12.6. The van der Waals surface area contributed by atoms with E-state index in [9.17, 15) is 45.2 Å². The second-order valence-corrected chi connectivity index (χ2v) is 25.1. The Bertz CT molecular complexity index is 7230. The quantitative estimate of drug-likeness (QED) is 0.160. The summed E-state index contributed by atoms with van der Waals surface area (Å²) in [4.78, 5) is 2.02. The Hall–Kier alpha value is -9.30. The highest BCUT2D eigenvalue weighted by molar-refractivity contribution is 7.25. The van der Waals surface area contributed by atoms with Crippen LogP contribution in [0, 0.1) is 0 Å². The average Bonchev–Trinajstić information content (AvgIpc) is 1.19. The largest absolute Gasteiger partial charge is 0.311 e. The molecular weight excluding hydrogens is 1050 g/mol. The zero-order valence-electron chi connectivity index (χ0n) is 83.7. The van der Waals surface area contributed by atoms with Crippen molar-refractivity contribution < 1.29 is 50.7 Å². The Morgan fingerprint density at radius 3 is 1.53 bits per heavy atom. The van der Waals surface area contributed by atoms with E-state index in [1.165, 1.54) is 0 Å². The van der Waals surface area contributed by atoms with E-state index in [2.05, 4.69) is 0 Å². The van der Waals surface area contributed by atoms with Gasteiger partial charge >= 0.3 is 0 Å². The third-order valence-electron chi connectivity index (χ3n) is 15.7. The van der Waals surface area contributed by atoms with Crippen LogP contribution in [-0.4, -0.2) is 15.8 Å². The average molecular weight is 1150 g/mol. The van der Waals surface area contributed by atoms with Crippen molar-refractivity contribution in [1.29, 1.82) is 0 Å². The number of benzene rings is 11. The lowest BCUT2D eigenvalue weighted by atomic mass is 9.33. The topological polar surface area (TPSA) is 19.6 Å². The molecule has 0 amide bonds. The molecule has 0 spiro atoms. The van der Waals surface area contributed by atoms with Crippen LogP contribution in [0.2, 0.25) is 0 Å². The van der Waals surface area contributed by atoms with Gasteiger partial charge in [0.05, 0.1) is 95.5 Å². The fraction of sp³-hybridized carbons (Fsp3) is 0.154. The molecule has 3 aliphatic heterocycles. The van der Waals surface area contributed by atoms with Gasteiger partial charge in [0, 0.05) is 81.5 Å². The van der Waals surface area contributed by atoms with Gasteiger partial charge in [-0.3, -0.25) is 0 Å². The molecule has 11 aromatic carbocycles. The van der Waals surface area contributed by atoms with E-state index in [0.29, 0.717) is 21.1 Å². The van der Waals surface area contributed by atoms with Crippen molar-refractivity contribution >= 4 is 149 Å². The zero-order valence-corrected chi connectivity index (χ0v) is 47.5. The number of aromatic nitrogens is 2. The molecule has 6 heterocycles. The molecule has 3 aliphatic rings. The Balaban J connectivity index is 1.21. The molecule has 14 aromatic rings. The summed E-state index contributed by atoms with van der Waals surface area (Å²) in [5, 5.41) is -2.43. The lowest BCUT2D eigenvalue weighted by molar-refractivity contribution is 0.590. The number of para-hydroxylation sites is 4. The first kappa shape index (κ1) is 25.5. The van der Waals surface area contributed by atoms with Crippen molar-refractivity contribution in [3.8, 4) is 11.4 Å². The van der Waals surface area contributed by atoms with E-state index in [4.69, 9.17) is 5.48 Å². The fourth-order valence-electron chi connectivity index (χ4n) is 11.7. The molecule has 0 radical (unpaired) electrons. The highest BCUT2D eigenvalue weighted by atomic mass is 32.1. The predicted octanol–water partition coefficient (Wildman–Crippen LogP) is 20.0. The number of nitrogens with zero attached hydrogens (tertiary/aromatic N) is 5. The second-order valence-electron chi connectivity index (χ2n) is 24.1. The first-order valence-electron chi connectivity index (χ1n) is 45.6. The summed E-state index contributed by atoms with van der Waals surface area (Å²) in [5.41, 5.74) is -18.5. The zero-order chi connectivity index (χ0) is 89.8. The highest BCUT2D eigenvalue weighted by Crippen LogP contribution is 2.55. The van der Waals surface area contributed by atoms with Crippen LogP contribution in [0.25, 0.3) is 75.2 Å². The molecule has 3 aromatic heterocycles. The minimum Gasteiger partial charge on any atom is -0.311 e. The van der Waals surface area contributed by atoms with Crippen molar-refractivity contribution in [3.05, 3.63) is 240 Å². The number of hydrogen-bond acceptors (Lipinski definition) is 4. The van der Waals surface area contributed by atoms with Gasteiger partial charge in [-0.05, 0) is 170 Å². The normalized spacial score (nSPS) is 19.7. The third-order valence-corrected chi connectivity index (χ3v) is 16.7. The molecule has 0 atom stereocenters. The number of anilines is 9. The Morgan fingerprint density at radius 1 is 0.365 bits per heavy atom. The number of hydrogen-bond donors (Lipinski definition) is 0. The predicted molar refractivity (Wildman–Crippen MR) is 366 cm³/mol. The Kier molecular flexibility index (Phi) is 5.29. The van der Waals surface area contributed by atoms with Crippen molar-refractivity contribution in [2.75, 3.05) is 14.7 Å². The van der Waals surface area contributed by atoms with Gasteiger partial charge in [0.1, 0.15) is 0 Å². The van der Waals surface area contributed by atoms with E-state index in [-0.39, 0.29) is 42.2 Å². The summed E-state index contributed by atoms with van der Waals surface area (Å²) in [6.45, 7) is 12.4. The number of rotatable bonds is 5. The van der Waals surface area contributed by atoms with Crippen LogP contribution in [0.1, 0.15) is 130 Å². The van der Waals surface area contributed by atoms with Crippen LogP contribution in [0.3, 0.4) is 0 Å². The SMILES string of the molecule is [2H]c1c([2H])c([2H])c(N(c2c([2H])c([2H])c([2H])c([2H])c2[2H])c2c([2H])c3c4c(c2[2H])N2c5c(c([2H])c([2H])c([2H])c5-n5c6c([2H])c([2H])c(C(C)(C)C)c([2H])c6c6c([2H])c([2H])c([2H])c2c65)B4c2c([2H])c([2H])c(-n4c5c([2H])c([2H])c(C(C)(C)C)c([2H])c5c5c([2H])c(C(C)(C)C)c([2H])c([2H])c54)c([2H])c2N3c2c([2H])c([2H])c3sc4c([2H])c([2H])c([2H])c([2H])c4c3c2[2H])c([2H])c1[2H]. The summed E-state index contributed by atoms with van der Waals surface area (Å²) in [6.07, 6.45) is 0. The van der Waals surface area contributed by atoms with Crippen molar-refractivity contribution in [2.45, 2.75) is 78.6 Å². The second kappa shape index (κ2) is 17.6. The van der Waals surface area contributed by atoms with Crippen LogP contribution in [-0.2, 0) is 16.2 Å². The summed E-state index contributed by atoms with van der Waals surface area (Å²) in [5.74, 6) is 0. The maximum absolute atomic E-state index is 11.5. The minimum absolute atomic E-state index is 0.0723. The summed E-state index contributed by atoms with van der Waals surface area (Å²) < 4.78 is 371. The maximum Gasteiger partial charge on any atom is 0.252 e. The van der Waals surface area contributed by atoms with E-state index < -0.39 is 364 Å². The smallest absolute Gasteiger partial charge is 0.252 e. The van der Waals surface area contributed by atoms with Gasteiger partial charge in [-0.1, -0.05) is 165 Å². The van der Waals surface area contributed by atoms with Crippen LogP contribution >= 0.6 is 11.3 Å². The van der Waals surface area contributed by atoms with Gasteiger partial charge in [-0.25, -0.2) is 0 Å². The summed E-state index contributed by atoms with van der Waals surface area (Å²) in [6, 6.07) is -35.6. The maximum atomic E-state index is 11.5. The third kappa shape index (κ3) is 7.29. The van der Waals surface area contributed by atoms with Crippen LogP contribution in [0.4, 0.5) is 51.2 Å². The van der Waals surface area contributed by atoms with E-state index in [1.54, 1.807) is 62.3 Å². The van der Waals surface area contributed by atoms with E-state index in [0.717, 1.165) is 14.0 Å². The molecular formula is C78H64BN5S. The molecule has 7 heteroatoms. The van der Waals surface area contributed by atoms with Crippen molar-refractivity contribution in [3.63, 3.8) is 0 Å². The van der Waals surface area contributed by atoms with Crippen molar-refractivity contribution in [1.82, 2.24) is 9.13 Å². The molecule has 0 fully saturated rings. The molecule has 0 unspecified atom stereocenters. The number of thiophene rings is 1. The molecule has 0 N–H and O–H groups in total. The van der Waals surface area contributed by atoms with Gasteiger partial charge < -0.3 is 23.8 Å². The van der Waals surface area contributed by atoms with Crippen LogP contribution in [0.15, 0.2) is 224 Å². The Labute approximate surface area is 553 Å². The van der Waals surface area contributed by atoms with Gasteiger partial charge in [0.15, 0.2) is 0 Å². The van der Waals surface area contributed by atoms with Crippen LogP contribution in [0.5, 0.6) is 0 Å². The van der Waals surface area contributed by atoms with Crippen LogP contribution < -0.4 is 31.1 Å². The molecule has 5 nitrogen and oxygen atoms in total. The van der Waals surface area contributed by atoms with Gasteiger partial charge in [-0.2, -0.15) is 0 Å². The van der Waals surface area contributed by atoms with Crippen molar-refractivity contribution in [2.24, 2.45) is 0 Å². The lowest BCUT2D eigenvalue weighted by Gasteiger charge is -2.46. The Morgan fingerprint density at radius 2 is 0.894 bits per heavy atom. The first-order chi connectivity index (χ1) is 56.5. The molecule has 85 heavy (non-hydrogen) atoms. The lowest BCUT2D eigenvalue weighted by Crippen LogP contribution is -2.61. The standard InChI is InChI=1S/C78H64BN5S/c1-76(2,3)47-32-38-65-57(40-47)56-25-18-27-66-74(56)83(65)67-28-19-26-62-75(67)84(66)70-46-54(80(50-20-12-10-13-21-50)51-22-14-11-15-23-51)45-69-73(70)79(62)61-35-33-53(44-68(61)82(69)52-34-39-72-60(43-52)55-24-16-17-29-71(55)85-72)81-63-36-30-48(77(4,5)6)41-58(63)59-42-49(78(7,8)9)31-37-64(59)81/h10-46H,1-9H3/i10D,11D,12D,13D,14D,15D,16D,17D,18D,19D,20D,21D,22D,23D,24D,25D,26D,27D,28D,29D,30D,31D,32D,33D,34D,35D,36D,37D,38D,39D,40D,41D,42D,43D,44D,45D,46D. The molecule has 0 saturated carbocycles. The monoisotopic (exact) mass is 1150 g/mol. The summed E-state index contributed by atoms with van der Waals surface area (Å²) >= 11 is 0.553.